The molecule has 2 heterocycles. The number of piperidine rings is 1. The molecule has 0 aromatic heterocycles. The standard InChI is InChI=1S/C19H31N3.ClH/c1-17-6-7-18(2)19(16-17)22-14-12-21(13-15-22)11-10-20-8-4-3-5-9-20;/h6-7,16H,3-5,8-15H2,1-2H3;1H. The molecule has 0 amide bonds. The van der Waals surface area contributed by atoms with Gasteiger partial charge in [-0.1, -0.05) is 18.6 Å². The number of nitrogens with zero attached hydrogens (tertiary/aromatic N) is 3. The number of halogens is 1. The third kappa shape index (κ3) is 5.10. The van der Waals surface area contributed by atoms with Gasteiger partial charge in [0.05, 0.1) is 0 Å². The Balaban J connectivity index is 0.00000192. The number of hydrogen-bond acceptors (Lipinski definition) is 3. The van der Waals surface area contributed by atoms with E-state index in [0.717, 1.165) is 0 Å². The molecule has 4 heteroatoms. The van der Waals surface area contributed by atoms with Crippen LogP contribution in [0, 0.1) is 13.8 Å². The number of likely N-dealkylation sites (tertiary alicyclic amines) is 1. The summed E-state index contributed by atoms with van der Waals surface area (Å²) < 4.78 is 0. The lowest BCUT2D eigenvalue weighted by Gasteiger charge is -2.38. The lowest BCUT2D eigenvalue weighted by atomic mass is 10.1. The molecule has 130 valence electrons. The number of benzene rings is 1. The number of hydrogen-bond donors (Lipinski definition) is 0. The molecule has 3 rings (SSSR count). The molecular weight excluding hydrogens is 306 g/mol. The molecule has 0 unspecified atom stereocenters. The quantitative estimate of drug-likeness (QED) is 0.834. The second-order valence-electron chi connectivity index (χ2n) is 7.02. The van der Waals surface area contributed by atoms with Crippen LogP contribution in [0.2, 0.25) is 0 Å². The summed E-state index contributed by atoms with van der Waals surface area (Å²) in [6, 6.07) is 6.82. The summed E-state index contributed by atoms with van der Waals surface area (Å²) in [6.07, 6.45) is 4.24. The Bertz CT molecular complexity index is 478. The molecule has 3 nitrogen and oxygen atoms in total. The second-order valence-corrected chi connectivity index (χ2v) is 7.02. The fraction of sp³-hybridized carbons (Fsp3) is 0.684. The molecule has 0 spiro atoms. The Morgan fingerprint density at radius 1 is 0.783 bits per heavy atom. The first-order chi connectivity index (χ1) is 10.7. The van der Waals surface area contributed by atoms with Crippen molar-refractivity contribution in [2.75, 3.05) is 57.3 Å². The van der Waals surface area contributed by atoms with Crippen molar-refractivity contribution in [1.82, 2.24) is 9.80 Å². The highest BCUT2D eigenvalue weighted by molar-refractivity contribution is 5.85. The van der Waals surface area contributed by atoms with Gasteiger partial charge < -0.3 is 9.80 Å². The topological polar surface area (TPSA) is 9.72 Å². The van der Waals surface area contributed by atoms with Crippen LogP contribution in [-0.2, 0) is 0 Å². The summed E-state index contributed by atoms with van der Waals surface area (Å²) in [4.78, 5) is 7.87. The molecule has 0 saturated carbocycles. The van der Waals surface area contributed by atoms with Crippen LogP contribution < -0.4 is 4.90 Å². The third-order valence-corrected chi connectivity index (χ3v) is 5.26. The Labute approximate surface area is 148 Å². The fourth-order valence-corrected chi connectivity index (χ4v) is 3.74. The zero-order chi connectivity index (χ0) is 15.4. The summed E-state index contributed by atoms with van der Waals surface area (Å²) in [5.74, 6) is 0. The van der Waals surface area contributed by atoms with Gasteiger partial charge in [-0.3, -0.25) is 4.90 Å². The number of anilines is 1. The van der Waals surface area contributed by atoms with Gasteiger partial charge in [0.15, 0.2) is 0 Å². The summed E-state index contributed by atoms with van der Waals surface area (Å²) in [5, 5.41) is 0. The Hall–Kier alpha value is -0.770. The van der Waals surface area contributed by atoms with Gasteiger partial charge in [0.2, 0.25) is 0 Å². The summed E-state index contributed by atoms with van der Waals surface area (Å²) in [5.41, 5.74) is 4.22. The van der Waals surface area contributed by atoms with E-state index < -0.39 is 0 Å². The van der Waals surface area contributed by atoms with Crippen molar-refractivity contribution in [1.29, 1.82) is 0 Å². The van der Waals surface area contributed by atoms with E-state index in [2.05, 4.69) is 46.7 Å². The van der Waals surface area contributed by atoms with Crippen LogP contribution in [-0.4, -0.2) is 62.2 Å². The maximum Gasteiger partial charge on any atom is 0.0399 e. The van der Waals surface area contributed by atoms with E-state index in [4.69, 9.17) is 0 Å². The van der Waals surface area contributed by atoms with E-state index in [0.29, 0.717) is 0 Å². The van der Waals surface area contributed by atoms with Crippen LogP contribution in [0.15, 0.2) is 18.2 Å². The minimum absolute atomic E-state index is 0. The molecule has 23 heavy (non-hydrogen) atoms. The summed E-state index contributed by atoms with van der Waals surface area (Å²) >= 11 is 0. The van der Waals surface area contributed by atoms with Crippen LogP contribution in [0.4, 0.5) is 5.69 Å². The van der Waals surface area contributed by atoms with Gasteiger partial charge in [-0.25, -0.2) is 0 Å². The molecule has 2 saturated heterocycles. The van der Waals surface area contributed by atoms with Crippen LogP contribution >= 0.6 is 12.4 Å². The van der Waals surface area contributed by atoms with Crippen LogP contribution in [0.25, 0.3) is 0 Å². The highest BCUT2D eigenvalue weighted by Crippen LogP contribution is 2.22. The van der Waals surface area contributed by atoms with E-state index in [1.54, 1.807) is 0 Å². The van der Waals surface area contributed by atoms with Gasteiger partial charge in [-0.15, -0.1) is 12.4 Å². The maximum atomic E-state index is 2.65. The molecule has 0 N–H and O–H groups in total. The molecular formula is C19H32ClN3. The van der Waals surface area contributed by atoms with Crippen LogP contribution in [0.1, 0.15) is 30.4 Å². The first-order valence-corrected chi connectivity index (χ1v) is 8.99. The van der Waals surface area contributed by atoms with Crippen LogP contribution in [0.5, 0.6) is 0 Å². The van der Waals surface area contributed by atoms with Gasteiger partial charge in [0.1, 0.15) is 0 Å². The zero-order valence-corrected chi connectivity index (χ0v) is 15.6. The smallest absolute Gasteiger partial charge is 0.0399 e. The maximum absolute atomic E-state index is 2.65. The number of aryl methyl sites for hydroxylation is 2. The Morgan fingerprint density at radius 2 is 1.39 bits per heavy atom. The average Bonchev–Trinajstić information content (AvgIpc) is 2.57. The SMILES string of the molecule is Cc1ccc(C)c(N2CCN(CCN3CCCCC3)CC2)c1.Cl. The minimum atomic E-state index is 0. The molecule has 2 aliphatic heterocycles. The molecule has 2 aliphatic rings. The van der Waals surface area contributed by atoms with Gasteiger partial charge >= 0.3 is 0 Å². The predicted molar refractivity (Wildman–Crippen MR) is 102 cm³/mol. The van der Waals surface area contributed by atoms with Gasteiger partial charge in [0, 0.05) is 45.0 Å². The van der Waals surface area contributed by atoms with Crippen molar-refractivity contribution in [2.24, 2.45) is 0 Å². The third-order valence-electron chi connectivity index (χ3n) is 5.26. The molecule has 0 atom stereocenters. The average molecular weight is 338 g/mol. The lowest BCUT2D eigenvalue weighted by molar-refractivity contribution is 0.177. The predicted octanol–water partition coefficient (Wildman–Crippen LogP) is 3.33. The van der Waals surface area contributed by atoms with Crippen molar-refractivity contribution in [2.45, 2.75) is 33.1 Å². The number of rotatable bonds is 4. The highest BCUT2D eigenvalue weighted by Gasteiger charge is 2.19. The molecule has 2 fully saturated rings. The van der Waals surface area contributed by atoms with Crippen molar-refractivity contribution in [3.05, 3.63) is 29.3 Å². The lowest BCUT2D eigenvalue weighted by Crippen LogP contribution is -2.49. The monoisotopic (exact) mass is 337 g/mol. The van der Waals surface area contributed by atoms with E-state index in [1.807, 2.05) is 0 Å². The van der Waals surface area contributed by atoms with Crippen molar-refractivity contribution in [3.8, 4) is 0 Å². The van der Waals surface area contributed by atoms with Crippen molar-refractivity contribution in [3.63, 3.8) is 0 Å². The van der Waals surface area contributed by atoms with Crippen molar-refractivity contribution < 1.29 is 0 Å². The molecule has 0 bridgehead atoms. The van der Waals surface area contributed by atoms with Crippen molar-refractivity contribution >= 4 is 18.1 Å². The second kappa shape index (κ2) is 8.91. The Kier molecular flexibility index (Phi) is 7.19. The first kappa shape index (κ1) is 18.6. The van der Waals surface area contributed by atoms with Gasteiger partial charge in [0.25, 0.3) is 0 Å². The fourth-order valence-electron chi connectivity index (χ4n) is 3.74. The summed E-state index contributed by atoms with van der Waals surface area (Å²) in [6.45, 7) is 14.3. The van der Waals surface area contributed by atoms with Crippen LogP contribution in [0.3, 0.4) is 0 Å². The molecule has 0 aliphatic carbocycles. The molecule has 1 aromatic carbocycles. The van der Waals surface area contributed by atoms with Gasteiger partial charge in [-0.2, -0.15) is 0 Å². The van der Waals surface area contributed by atoms with E-state index in [9.17, 15) is 0 Å². The van der Waals surface area contributed by atoms with E-state index in [-0.39, 0.29) is 12.4 Å². The largest absolute Gasteiger partial charge is 0.369 e. The number of piperazine rings is 1. The van der Waals surface area contributed by atoms with E-state index in [1.165, 1.54) is 88.4 Å². The first-order valence-electron chi connectivity index (χ1n) is 8.99. The highest BCUT2D eigenvalue weighted by atomic mass is 35.5. The van der Waals surface area contributed by atoms with Gasteiger partial charge in [-0.05, 0) is 57.0 Å². The van der Waals surface area contributed by atoms with E-state index >= 15 is 0 Å². The summed E-state index contributed by atoms with van der Waals surface area (Å²) in [7, 11) is 0. The molecule has 1 aromatic rings. The minimum Gasteiger partial charge on any atom is -0.369 e. The molecule has 0 radical (unpaired) electrons. The zero-order valence-electron chi connectivity index (χ0n) is 14.8. The Morgan fingerprint density at radius 3 is 2.04 bits per heavy atom. The normalized spacial score (nSPS) is 20.3.